The minimum atomic E-state index is 1.20. The minimum Gasteiger partial charge on any atom is -0.363 e. The Kier molecular flexibility index (Phi) is 1.30. The highest BCUT2D eigenvalue weighted by molar-refractivity contribution is 6.38. The molecule has 0 fully saturated rings. The van der Waals surface area contributed by atoms with Crippen molar-refractivity contribution in [2.24, 2.45) is 0 Å². The van der Waals surface area contributed by atoms with Crippen molar-refractivity contribution in [3.63, 3.8) is 0 Å². The van der Waals surface area contributed by atoms with Gasteiger partial charge in [0.05, 0.1) is 0 Å². The van der Waals surface area contributed by atoms with Crippen LogP contribution in [0.15, 0.2) is 30.5 Å². The maximum absolute atomic E-state index is 3.17. The van der Waals surface area contributed by atoms with Crippen LogP contribution in [0.3, 0.4) is 0 Å². The van der Waals surface area contributed by atoms with E-state index in [4.69, 9.17) is 0 Å². The summed E-state index contributed by atoms with van der Waals surface area (Å²) in [5.74, 6) is 0. The van der Waals surface area contributed by atoms with Gasteiger partial charge in [-0.2, -0.15) is 0 Å². The normalized spacial score (nSPS) is 10.4. The van der Waals surface area contributed by atoms with Gasteiger partial charge in [-0.3, -0.25) is 0 Å². The van der Waals surface area contributed by atoms with Crippen molar-refractivity contribution in [3.05, 3.63) is 30.5 Å². The number of hydrogen-bond donors (Lipinski definition) is 1. The lowest BCUT2D eigenvalue weighted by Crippen LogP contribution is -1.96. The van der Waals surface area contributed by atoms with E-state index in [0.29, 0.717) is 0 Å². The van der Waals surface area contributed by atoms with Crippen LogP contribution in [0.25, 0.3) is 10.9 Å². The topological polar surface area (TPSA) is 15.8 Å². The van der Waals surface area contributed by atoms with Gasteiger partial charge in [0.2, 0.25) is 0 Å². The molecule has 0 saturated carbocycles. The summed E-state index contributed by atoms with van der Waals surface area (Å²) < 4.78 is 1.23. The lowest BCUT2D eigenvalue weighted by molar-refractivity contribution is 1.49. The summed E-state index contributed by atoms with van der Waals surface area (Å²) in [4.78, 5) is 3.17. The Hall–Kier alpha value is -0.708. The van der Waals surface area contributed by atoms with Gasteiger partial charge in [-0.25, -0.2) is 0 Å². The molecule has 0 spiro atoms. The average Bonchev–Trinajstić information content (AvgIpc) is 2.34. The van der Waals surface area contributed by atoms with Crippen LogP contribution in [0.1, 0.15) is 0 Å². The smallest absolute Gasteiger partial charge is 0.179 e. The van der Waals surface area contributed by atoms with Crippen LogP contribution in [0.5, 0.6) is 0 Å². The second kappa shape index (κ2) is 2.16. The number of benzene rings is 1. The van der Waals surface area contributed by atoms with Crippen LogP contribution in [-0.2, 0) is 0 Å². The van der Waals surface area contributed by atoms with Crippen LogP contribution in [-0.4, -0.2) is 21.3 Å². The second-order valence-corrected chi connectivity index (χ2v) is 2.91. The molecule has 2 heteroatoms. The first-order valence-electron chi connectivity index (χ1n) is 3.19. The van der Waals surface area contributed by atoms with E-state index in [-0.39, 0.29) is 0 Å². The van der Waals surface area contributed by atoms with Gasteiger partial charge in [0.25, 0.3) is 0 Å². The Bertz CT molecular complexity index is 351. The van der Waals surface area contributed by atoms with Crippen molar-refractivity contribution in [3.8, 4) is 0 Å². The predicted molar refractivity (Wildman–Crippen MR) is 43.7 cm³/mol. The van der Waals surface area contributed by atoms with E-state index in [1.807, 2.05) is 18.3 Å². The van der Waals surface area contributed by atoms with Crippen LogP contribution in [0.2, 0.25) is 0 Å². The van der Waals surface area contributed by atoms with Crippen molar-refractivity contribution in [2.45, 2.75) is 0 Å². The predicted octanol–water partition coefficient (Wildman–Crippen LogP) is 0.962. The lowest BCUT2D eigenvalue weighted by Gasteiger charge is -1.87. The van der Waals surface area contributed by atoms with Gasteiger partial charge in [0.15, 0.2) is 16.3 Å². The molecule has 46 valence electrons. The zero-order valence-corrected chi connectivity index (χ0v) is 6.62. The van der Waals surface area contributed by atoms with E-state index in [1.54, 1.807) is 0 Å². The molecule has 2 radical (unpaired) electrons. The Morgan fingerprint density at radius 2 is 2.00 bits per heavy atom. The number of nitrogens with one attached hydrogen (secondary N) is 1. The number of aromatic nitrogens is 1. The first kappa shape index (κ1) is 6.03. The quantitative estimate of drug-likeness (QED) is 0.529. The summed E-state index contributed by atoms with van der Waals surface area (Å²) >= 11 is 2.70. The monoisotopic (exact) mass is 143 g/mol. The third kappa shape index (κ3) is 0.776. The third-order valence-corrected chi connectivity index (χ3v) is 2.10. The number of H-pyrrole nitrogens is 1. The molecule has 1 aromatic carbocycles. The zero-order chi connectivity index (χ0) is 6.97. The molecule has 1 aromatic heterocycles. The molecule has 1 heterocycles. The van der Waals surface area contributed by atoms with Crippen molar-refractivity contribution >= 4 is 31.6 Å². The SMILES string of the molecule is [Al][c]1c[nH]c2ccccc12. The molecule has 0 saturated heterocycles. The van der Waals surface area contributed by atoms with Gasteiger partial charge in [-0.05, 0) is 17.6 Å². The molecule has 0 atom stereocenters. The Morgan fingerprint density at radius 1 is 1.20 bits per heavy atom. The van der Waals surface area contributed by atoms with E-state index in [1.165, 1.54) is 15.3 Å². The summed E-state index contributed by atoms with van der Waals surface area (Å²) in [6, 6.07) is 8.25. The molecule has 0 amide bonds. The molecule has 0 aliphatic heterocycles. The number of hydrogen-bond acceptors (Lipinski definition) is 0. The first-order chi connectivity index (χ1) is 4.88. The molecule has 0 bridgehead atoms. The molecule has 10 heavy (non-hydrogen) atoms. The summed E-state index contributed by atoms with van der Waals surface area (Å²) in [5.41, 5.74) is 1.20. The van der Waals surface area contributed by atoms with Crippen LogP contribution in [0, 0.1) is 0 Å². The molecular formula is C8H6AlN. The highest BCUT2D eigenvalue weighted by Gasteiger charge is 1.93. The fourth-order valence-electron chi connectivity index (χ4n) is 1.09. The van der Waals surface area contributed by atoms with Crippen LogP contribution >= 0.6 is 0 Å². The standard InChI is InChI=1S/C8H6N.Al/c1-2-4-8-7(3-1)5-6-9-8;/h1-4,6,9H;. The molecule has 0 aliphatic rings. The first-order valence-corrected chi connectivity index (χ1v) is 3.77. The molecule has 2 aromatic rings. The van der Waals surface area contributed by atoms with E-state index in [9.17, 15) is 0 Å². The van der Waals surface area contributed by atoms with Crippen molar-refractivity contribution in [2.75, 3.05) is 0 Å². The van der Waals surface area contributed by atoms with E-state index >= 15 is 0 Å². The largest absolute Gasteiger partial charge is 0.363 e. The zero-order valence-electron chi connectivity index (χ0n) is 5.46. The third-order valence-electron chi connectivity index (χ3n) is 1.62. The van der Waals surface area contributed by atoms with Gasteiger partial charge >= 0.3 is 0 Å². The number of aromatic amines is 1. The average molecular weight is 143 g/mol. The van der Waals surface area contributed by atoms with Gasteiger partial charge in [0.1, 0.15) is 0 Å². The van der Waals surface area contributed by atoms with E-state index < -0.39 is 0 Å². The maximum atomic E-state index is 3.17. The summed E-state index contributed by atoms with van der Waals surface area (Å²) in [6.07, 6.45) is 2.00. The Balaban J connectivity index is 2.93. The van der Waals surface area contributed by atoms with Gasteiger partial charge < -0.3 is 4.98 Å². The fraction of sp³-hybridized carbons (Fsp3) is 0. The minimum absolute atomic E-state index is 1.20. The molecular weight excluding hydrogens is 137 g/mol. The highest BCUT2D eigenvalue weighted by Crippen LogP contribution is 2.06. The number of fused-ring (bicyclic) bond motifs is 1. The van der Waals surface area contributed by atoms with Crippen molar-refractivity contribution in [1.29, 1.82) is 0 Å². The number of para-hydroxylation sites is 1. The second-order valence-electron chi connectivity index (χ2n) is 2.29. The summed E-state index contributed by atoms with van der Waals surface area (Å²) in [6.45, 7) is 0. The van der Waals surface area contributed by atoms with Gasteiger partial charge in [-0.15, -0.1) is 4.43 Å². The van der Waals surface area contributed by atoms with E-state index in [2.05, 4.69) is 33.4 Å². The molecule has 0 aliphatic carbocycles. The van der Waals surface area contributed by atoms with E-state index in [0.717, 1.165) is 0 Å². The van der Waals surface area contributed by atoms with Gasteiger partial charge in [0, 0.05) is 5.52 Å². The molecule has 1 N–H and O–H groups in total. The maximum Gasteiger partial charge on any atom is 0.179 e. The highest BCUT2D eigenvalue weighted by atomic mass is 27.0. The van der Waals surface area contributed by atoms with Crippen molar-refractivity contribution < 1.29 is 0 Å². The molecule has 1 nitrogen and oxygen atoms in total. The lowest BCUT2D eigenvalue weighted by atomic mass is 10.2. The summed E-state index contributed by atoms with van der Waals surface area (Å²) in [7, 11) is 0. The Labute approximate surface area is 67.5 Å². The Morgan fingerprint density at radius 3 is 2.80 bits per heavy atom. The summed E-state index contributed by atoms with van der Waals surface area (Å²) in [5, 5.41) is 1.28. The molecule has 0 unspecified atom stereocenters. The fourth-order valence-corrected chi connectivity index (χ4v) is 1.43. The van der Waals surface area contributed by atoms with Gasteiger partial charge in [-0.1, -0.05) is 18.2 Å². The van der Waals surface area contributed by atoms with Crippen LogP contribution in [0.4, 0.5) is 0 Å². The van der Waals surface area contributed by atoms with Crippen LogP contribution < -0.4 is 4.43 Å². The van der Waals surface area contributed by atoms with Crippen molar-refractivity contribution in [1.82, 2.24) is 4.98 Å². The molecule has 2 rings (SSSR count). The number of rotatable bonds is 0.